The average Bonchev–Trinajstić information content (AvgIpc) is 3.15. The number of hydrogen-bond donors (Lipinski definition) is 0. The topological polar surface area (TPSA) is 56.0 Å². The quantitative estimate of drug-likeness (QED) is 0.564. The van der Waals surface area contributed by atoms with E-state index in [1.165, 1.54) is 11.3 Å². The lowest BCUT2D eigenvalue weighted by atomic mass is 10.2. The van der Waals surface area contributed by atoms with Crippen LogP contribution in [0.3, 0.4) is 0 Å². The lowest BCUT2D eigenvalue weighted by molar-refractivity contribution is 0.958. The van der Waals surface area contributed by atoms with Crippen LogP contribution in [-0.2, 0) is 0 Å². The highest BCUT2D eigenvalue weighted by Gasteiger charge is 2.12. The van der Waals surface area contributed by atoms with Crippen LogP contribution in [0.15, 0.2) is 48.8 Å². The maximum atomic E-state index is 6.15. The molecule has 0 unspecified atom stereocenters. The summed E-state index contributed by atoms with van der Waals surface area (Å²) in [5, 5.41) is 14.4. The average molecular weight is 340 g/mol. The van der Waals surface area contributed by atoms with E-state index in [2.05, 4.69) is 20.3 Å². The zero-order valence-corrected chi connectivity index (χ0v) is 13.4. The maximum absolute atomic E-state index is 6.15. The van der Waals surface area contributed by atoms with Crippen molar-refractivity contribution >= 4 is 40.1 Å². The summed E-state index contributed by atoms with van der Waals surface area (Å²) < 4.78 is 1.73. The molecule has 0 aliphatic carbocycles. The molecule has 0 aliphatic heterocycles. The molecule has 0 aliphatic rings. The summed E-state index contributed by atoms with van der Waals surface area (Å²) in [6.07, 6.45) is 7.33. The maximum Gasteiger partial charge on any atom is 0.235 e. The Morgan fingerprint density at radius 2 is 1.96 bits per heavy atom. The highest BCUT2D eigenvalue weighted by atomic mass is 35.5. The predicted octanol–water partition coefficient (Wildman–Crippen LogP) is 4.07. The van der Waals surface area contributed by atoms with Gasteiger partial charge in [0.1, 0.15) is 5.01 Å². The smallest absolute Gasteiger partial charge is 0.235 e. The summed E-state index contributed by atoms with van der Waals surface area (Å²) in [5.74, 6) is 0.682. The normalized spacial score (nSPS) is 11.5. The fraction of sp³-hybridized carbons (Fsp3) is 0. The van der Waals surface area contributed by atoms with Crippen LogP contribution in [0.4, 0.5) is 0 Å². The van der Waals surface area contributed by atoms with Gasteiger partial charge in [-0.1, -0.05) is 47.2 Å². The number of fused-ring (bicyclic) bond motifs is 1. The first-order chi connectivity index (χ1) is 11.3. The van der Waals surface area contributed by atoms with Crippen LogP contribution in [0.2, 0.25) is 5.02 Å². The van der Waals surface area contributed by atoms with Crippen molar-refractivity contribution in [1.29, 1.82) is 0 Å². The largest absolute Gasteiger partial charge is 0.264 e. The van der Waals surface area contributed by atoms with E-state index in [1.54, 1.807) is 16.9 Å². The number of nitrogens with zero attached hydrogens (tertiary/aromatic N) is 5. The van der Waals surface area contributed by atoms with Gasteiger partial charge in [0.25, 0.3) is 0 Å². The van der Waals surface area contributed by atoms with Crippen molar-refractivity contribution < 1.29 is 0 Å². The van der Waals surface area contributed by atoms with Gasteiger partial charge in [-0.2, -0.15) is 9.61 Å². The lowest BCUT2D eigenvalue weighted by Gasteiger charge is -1.95. The minimum absolute atomic E-state index is 0.682. The lowest BCUT2D eigenvalue weighted by Crippen LogP contribution is -1.91. The number of rotatable bonds is 3. The van der Waals surface area contributed by atoms with E-state index in [-0.39, 0.29) is 0 Å². The Labute approximate surface area is 140 Å². The first-order valence-corrected chi connectivity index (χ1v) is 8.06. The second-order valence-electron chi connectivity index (χ2n) is 4.75. The molecule has 3 aromatic heterocycles. The molecule has 0 fully saturated rings. The van der Waals surface area contributed by atoms with Crippen LogP contribution in [-0.4, -0.2) is 24.8 Å². The number of aromatic nitrogens is 5. The molecule has 0 amide bonds. The molecule has 112 valence electrons. The van der Waals surface area contributed by atoms with Crippen LogP contribution in [0, 0.1) is 0 Å². The molecule has 0 spiro atoms. The summed E-state index contributed by atoms with van der Waals surface area (Å²) in [6.45, 7) is 0. The van der Waals surface area contributed by atoms with E-state index in [4.69, 9.17) is 11.6 Å². The molecular formula is C16H10ClN5S. The Balaban J connectivity index is 1.71. The molecule has 0 radical (unpaired) electrons. The molecule has 4 rings (SSSR count). The zero-order chi connectivity index (χ0) is 15.6. The molecule has 23 heavy (non-hydrogen) atoms. The van der Waals surface area contributed by atoms with Crippen molar-refractivity contribution in [2.24, 2.45) is 0 Å². The first-order valence-electron chi connectivity index (χ1n) is 6.86. The third kappa shape index (κ3) is 2.74. The van der Waals surface area contributed by atoms with Crippen molar-refractivity contribution in [3.05, 3.63) is 64.4 Å². The standard InChI is InChI=1S/C16H10ClN5S/c17-13-6-2-1-4-11(13)7-8-14-21-22-15(19-20-16(22)23-14)12-5-3-9-18-10-12/h1-10H/b8-7+. The molecule has 3 heterocycles. The van der Waals surface area contributed by atoms with Crippen molar-refractivity contribution in [1.82, 2.24) is 24.8 Å². The molecule has 5 nitrogen and oxygen atoms in total. The van der Waals surface area contributed by atoms with E-state index < -0.39 is 0 Å². The van der Waals surface area contributed by atoms with Crippen LogP contribution in [0.5, 0.6) is 0 Å². The summed E-state index contributed by atoms with van der Waals surface area (Å²) in [6, 6.07) is 11.5. The summed E-state index contributed by atoms with van der Waals surface area (Å²) in [4.78, 5) is 4.84. The SMILES string of the molecule is Clc1ccccc1/C=C/c1nn2c(-c3cccnc3)nnc2s1. The van der Waals surface area contributed by atoms with Gasteiger partial charge in [0.05, 0.1) is 0 Å². The van der Waals surface area contributed by atoms with Crippen molar-refractivity contribution in [2.45, 2.75) is 0 Å². The van der Waals surface area contributed by atoms with Gasteiger partial charge in [-0.15, -0.1) is 10.2 Å². The number of benzene rings is 1. The van der Waals surface area contributed by atoms with Gasteiger partial charge < -0.3 is 0 Å². The first kappa shape index (κ1) is 14.0. The fourth-order valence-electron chi connectivity index (χ4n) is 2.15. The molecular weight excluding hydrogens is 330 g/mol. The van der Waals surface area contributed by atoms with Gasteiger partial charge in [-0.3, -0.25) is 4.98 Å². The van der Waals surface area contributed by atoms with Gasteiger partial charge in [0.15, 0.2) is 5.82 Å². The van der Waals surface area contributed by atoms with E-state index in [0.29, 0.717) is 10.8 Å². The van der Waals surface area contributed by atoms with Crippen LogP contribution < -0.4 is 0 Å². The minimum atomic E-state index is 0.682. The molecule has 4 aromatic rings. The van der Waals surface area contributed by atoms with Crippen molar-refractivity contribution in [2.75, 3.05) is 0 Å². The Morgan fingerprint density at radius 1 is 1.04 bits per heavy atom. The van der Waals surface area contributed by atoms with E-state index >= 15 is 0 Å². The molecule has 7 heteroatoms. The molecule has 0 N–H and O–H groups in total. The summed E-state index contributed by atoms with van der Waals surface area (Å²) in [7, 11) is 0. The molecule has 0 bridgehead atoms. The molecule has 0 atom stereocenters. The monoisotopic (exact) mass is 339 g/mol. The third-order valence-electron chi connectivity index (χ3n) is 3.24. The van der Waals surface area contributed by atoms with Crippen LogP contribution in [0.1, 0.15) is 10.6 Å². The highest BCUT2D eigenvalue weighted by molar-refractivity contribution is 7.17. The van der Waals surface area contributed by atoms with Gasteiger partial charge >= 0.3 is 0 Å². The molecule has 0 saturated carbocycles. The molecule has 0 saturated heterocycles. The van der Waals surface area contributed by atoms with Gasteiger partial charge in [-0.05, 0) is 29.8 Å². The number of pyridine rings is 1. The van der Waals surface area contributed by atoms with Crippen LogP contribution in [0.25, 0.3) is 28.5 Å². The Bertz CT molecular complexity index is 990. The van der Waals surface area contributed by atoms with Crippen molar-refractivity contribution in [3.8, 4) is 11.4 Å². The minimum Gasteiger partial charge on any atom is -0.264 e. The van der Waals surface area contributed by atoms with Gasteiger partial charge in [0.2, 0.25) is 4.96 Å². The van der Waals surface area contributed by atoms with Gasteiger partial charge in [0, 0.05) is 23.0 Å². The Morgan fingerprint density at radius 3 is 2.78 bits per heavy atom. The molecule has 1 aromatic carbocycles. The van der Waals surface area contributed by atoms with Crippen LogP contribution >= 0.6 is 22.9 Å². The third-order valence-corrected chi connectivity index (χ3v) is 4.45. The fourth-order valence-corrected chi connectivity index (χ4v) is 3.09. The highest BCUT2D eigenvalue weighted by Crippen LogP contribution is 2.23. The Kier molecular flexibility index (Phi) is 3.61. The van der Waals surface area contributed by atoms with Crippen molar-refractivity contribution in [3.63, 3.8) is 0 Å². The summed E-state index contributed by atoms with van der Waals surface area (Å²) >= 11 is 7.62. The van der Waals surface area contributed by atoms with E-state index in [9.17, 15) is 0 Å². The van der Waals surface area contributed by atoms with E-state index in [1.807, 2.05) is 48.6 Å². The zero-order valence-electron chi connectivity index (χ0n) is 11.8. The predicted molar refractivity (Wildman–Crippen MR) is 92.3 cm³/mol. The van der Waals surface area contributed by atoms with E-state index in [0.717, 1.165) is 21.1 Å². The second kappa shape index (κ2) is 5.91. The summed E-state index contributed by atoms with van der Waals surface area (Å²) in [5.41, 5.74) is 1.83. The number of halogens is 1. The number of hydrogen-bond acceptors (Lipinski definition) is 5. The second-order valence-corrected chi connectivity index (χ2v) is 6.15. The Hall–Kier alpha value is -2.57. The van der Waals surface area contributed by atoms with Gasteiger partial charge in [-0.25, -0.2) is 0 Å².